The Balaban J connectivity index is 2.06. The summed E-state index contributed by atoms with van der Waals surface area (Å²) in [7, 11) is 1.70. The molecule has 0 saturated carbocycles. The lowest BCUT2D eigenvalue weighted by molar-refractivity contribution is 0.365. The predicted octanol–water partition coefficient (Wildman–Crippen LogP) is 2.81. The summed E-state index contributed by atoms with van der Waals surface area (Å²) in [6.45, 7) is 4.00. The Labute approximate surface area is 125 Å². The summed E-state index contributed by atoms with van der Waals surface area (Å²) in [6, 6.07) is 8.57. The van der Waals surface area contributed by atoms with E-state index in [0.717, 1.165) is 35.8 Å². The second-order valence-corrected chi connectivity index (χ2v) is 5.93. The van der Waals surface area contributed by atoms with E-state index in [2.05, 4.69) is 28.9 Å². The van der Waals surface area contributed by atoms with Crippen LogP contribution in [0.4, 0.5) is 5.82 Å². The molecular weight excluding hydrogens is 262 g/mol. The maximum Gasteiger partial charge on any atom is 0.136 e. The van der Waals surface area contributed by atoms with Crippen molar-refractivity contribution in [2.75, 3.05) is 25.1 Å². The molecule has 2 unspecified atom stereocenters. The van der Waals surface area contributed by atoms with Crippen LogP contribution in [0.3, 0.4) is 0 Å². The van der Waals surface area contributed by atoms with Crippen molar-refractivity contribution >= 4 is 16.6 Å². The van der Waals surface area contributed by atoms with Crippen LogP contribution in [0, 0.1) is 5.92 Å². The van der Waals surface area contributed by atoms with E-state index in [1.165, 1.54) is 11.8 Å². The molecule has 1 aliphatic heterocycles. The molecule has 0 aliphatic carbocycles. The van der Waals surface area contributed by atoms with E-state index in [1.54, 1.807) is 7.11 Å². The molecule has 1 aromatic carbocycles. The van der Waals surface area contributed by atoms with E-state index in [1.807, 2.05) is 18.3 Å². The molecule has 4 nitrogen and oxygen atoms in total. The average molecular weight is 285 g/mol. The number of ether oxygens (including phenoxy) is 1. The van der Waals surface area contributed by atoms with Crippen molar-refractivity contribution in [1.29, 1.82) is 0 Å². The van der Waals surface area contributed by atoms with E-state index in [4.69, 9.17) is 10.5 Å². The molecule has 2 heterocycles. The fourth-order valence-corrected chi connectivity index (χ4v) is 3.24. The standard InChI is InChI=1S/C17H23N3O/c1-12-6-8-20(14(9-12)11-18)17-16-10-15(21-2)4-3-13(16)5-7-19-17/h3-5,7,10,12,14H,6,8-9,11,18H2,1-2H3. The Hall–Kier alpha value is -1.81. The van der Waals surface area contributed by atoms with Gasteiger partial charge in [0.25, 0.3) is 0 Å². The molecule has 1 aromatic heterocycles. The first-order valence-electron chi connectivity index (χ1n) is 7.62. The Bertz CT molecular complexity index is 628. The normalized spacial score (nSPS) is 22.5. The molecule has 0 amide bonds. The van der Waals surface area contributed by atoms with Crippen molar-refractivity contribution < 1.29 is 4.74 Å². The van der Waals surface area contributed by atoms with Crippen molar-refractivity contribution in [3.05, 3.63) is 30.5 Å². The lowest BCUT2D eigenvalue weighted by atomic mass is 9.92. The Morgan fingerprint density at radius 1 is 1.38 bits per heavy atom. The van der Waals surface area contributed by atoms with Gasteiger partial charge in [-0.05, 0) is 42.3 Å². The van der Waals surface area contributed by atoms with Gasteiger partial charge in [0.2, 0.25) is 0 Å². The average Bonchev–Trinajstić information content (AvgIpc) is 2.53. The van der Waals surface area contributed by atoms with Crippen LogP contribution in [0.25, 0.3) is 10.8 Å². The van der Waals surface area contributed by atoms with E-state index in [-0.39, 0.29) is 0 Å². The quantitative estimate of drug-likeness (QED) is 0.942. The SMILES string of the molecule is COc1ccc2ccnc(N3CCC(C)CC3CN)c2c1. The minimum atomic E-state index is 0.373. The minimum Gasteiger partial charge on any atom is -0.497 e. The molecule has 0 radical (unpaired) electrons. The van der Waals surface area contributed by atoms with Gasteiger partial charge >= 0.3 is 0 Å². The number of anilines is 1. The summed E-state index contributed by atoms with van der Waals surface area (Å²) in [6.07, 6.45) is 4.22. The highest BCUT2D eigenvalue weighted by molar-refractivity contribution is 5.93. The van der Waals surface area contributed by atoms with Gasteiger partial charge in [0.15, 0.2) is 0 Å². The monoisotopic (exact) mass is 285 g/mol. The highest BCUT2D eigenvalue weighted by Gasteiger charge is 2.27. The molecule has 2 N–H and O–H groups in total. The molecule has 1 aliphatic rings. The highest BCUT2D eigenvalue weighted by Crippen LogP contribution is 2.33. The van der Waals surface area contributed by atoms with Crippen molar-refractivity contribution in [3.63, 3.8) is 0 Å². The number of benzene rings is 1. The van der Waals surface area contributed by atoms with Crippen LogP contribution in [0.15, 0.2) is 30.5 Å². The van der Waals surface area contributed by atoms with Gasteiger partial charge in [0.05, 0.1) is 7.11 Å². The van der Waals surface area contributed by atoms with Gasteiger partial charge in [-0.1, -0.05) is 13.0 Å². The predicted molar refractivity (Wildman–Crippen MR) is 86.9 cm³/mol. The second-order valence-electron chi connectivity index (χ2n) is 5.93. The summed E-state index contributed by atoms with van der Waals surface area (Å²) < 4.78 is 5.36. The fraction of sp³-hybridized carbons (Fsp3) is 0.471. The van der Waals surface area contributed by atoms with E-state index in [0.29, 0.717) is 12.6 Å². The van der Waals surface area contributed by atoms with E-state index in [9.17, 15) is 0 Å². The van der Waals surface area contributed by atoms with Crippen LogP contribution < -0.4 is 15.4 Å². The number of methoxy groups -OCH3 is 1. The first kappa shape index (κ1) is 14.1. The Morgan fingerprint density at radius 3 is 3.00 bits per heavy atom. The van der Waals surface area contributed by atoms with Crippen LogP contribution in [0.2, 0.25) is 0 Å². The molecule has 1 fully saturated rings. The number of nitrogens with zero attached hydrogens (tertiary/aromatic N) is 2. The van der Waals surface area contributed by atoms with Crippen molar-refractivity contribution in [3.8, 4) is 5.75 Å². The Morgan fingerprint density at radius 2 is 2.24 bits per heavy atom. The molecule has 2 atom stereocenters. The molecule has 1 saturated heterocycles. The number of hydrogen-bond donors (Lipinski definition) is 1. The van der Waals surface area contributed by atoms with Crippen LogP contribution in [-0.2, 0) is 0 Å². The summed E-state index contributed by atoms with van der Waals surface area (Å²) in [4.78, 5) is 7.02. The summed E-state index contributed by atoms with van der Waals surface area (Å²) in [5.41, 5.74) is 6.00. The van der Waals surface area contributed by atoms with Gasteiger partial charge in [-0.2, -0.15) is 0 Å². The van der Waals surface area contributed by atoms with Crippen molar-refractivity contribution in [2.45, 2.75) is 25.8 Å². The zero-order chi connectivity index (χ0) is 14.8. The topological polar surface area (TPSA) is 51.4 Å². The maximum absolute atomic E-state index is 6.00. The fourth-order valence-electron chi connectivity index (χ4n) is 3.24. The summed E-state index contributed by atoms with van der Waals surface area (Å²) in [5, 5.41) is 2.33. The van der Waals surface area contributed by atoms with Crippen molar-refractivity contribution in [1.82, 2.24) is 4.98 Å². The third-order valence-corrected chi connectivity index (χ3v) is 4.47. The van der Waals surface area contributed by atoms with Crippen LogP contribution in [-0.4, -0.2) is 31.2 Å². The van der Waals surface area contributed by atoms with Gasteiger partial charge < -0.3 is 15.4 Å². The van der Waals surface area contributed by atoms with E-state index >= 15 is 0 Å². The number of nitrogens with two attached hydrogens (primary N) is 1. The minimum absolute atomic E-state index is 0.373. The number of piperidine rings is 1. The number of pyridine rings is 1. The molecule has 0 spiro atoms. The zero-order valence-corrected chi connectivity index (χ0v) is 12.7. The van der Waals surface area contributed by atoms with Crippen LogP contribution in [0.5, 0.6) is 5.75 Å². The Kier molecular flexibility index (Phi) is 3.97. The molecule has 0 bridgehead atoms. The third-order valence-electron chi connectivity index (χ3n) is 4.47. The molecule has 3 rings (SSSR count). The lowest BCUT2D eigenvalue weighted by Gasteiger charge is -2.39. The van der Waals surface area contributed by atoms with Gasteiger partial charge in [-0.15, -0.1) is 0 Å². The number of rotatable bonds is 3. The van der Waals surface area contributed by atoms with Crippen LogP contribution in [0.1, 0.15) is 19.8 Å². The summed E-state index contributed by atoms with van der Waals surface area (Å²) >= 11 is 0. The zero-order valence-electron chi connectivity index (χ0n) is 12.7. The largest absolute Gasteiger partial charge is 0.497 e. The molecule has 2 aromatic rings. The number of fused-ring (bicyclic) bond motifs is 1. The molecule has 4 heteroatoms. The van der Waals surface area contributed by atoms with Gasteiger partial charge in [0.1, 0.15) is 11.6 Å². The number of hydrogen-bond acceptors (Lipinski definition) is 4. The molecular formula is C17H23N3O. The van der Waals surface area contributed by atoms with Gasteiger partial charge in [-0.25, -0.2) is 4.98 Å². The number of aromatic nitrogens is 1. The van der Waals surface area contributed by atoms with Gasteiger partial charge in [0, 0.05) is 30.7 Å². The van der Waals surface area contributed by atoms with Crippen LogP contribution >= 0.6 is 0 Å². The first-order valence-corrected chi connectivity index (χ1v) is 7.62. The molecule has 21 heavy (non-hydrogen) atoms. The second kappa shape index (κ2) is 5.90. The highest BCUT2D eigenvalue weighted by atomic mass is 16.5. The third kappa shape index (κ3) is 2.68. The van der Waals surface area contributed by atoms with E-state index < -0.39 is 0 Å². The lowest BCUT2D eigenvalue weighted by Crippen LogP contribution is -2.46. The van der Waals surface area contributed by atoms with Crippen molar-refractivity contribution in [2.24, 2.45) is 11.7 Å². The smallest absolute Gasteiger partial charge is 0.136 e. The first-order chi connectivity index (χ1) is 10.2. The van der Waals surface area contributed by atoms with Gasteiger partial charge in [-0.3, -0.25) is 0 Å². The molecule has 112 valence electrons. The maximum atomic E-state index is 6.00. The summed E-state index contributed by atoms with van der Waals surface area (Å²) in [5.74, 6) is 2.64.